The van der Waals surface area contributed by atoms with Crippen LogP contribution in [0.5, 0.6) is 0 Å². The molecular formula is C18H17BrFNO2. The van der Waals surface area contributed by atoms with Crippen molar-refractivity contribution in [2.45, 2.75) is 6.92 Å². The number of ketones is 1. The van der Waals surface area contributed by atoms with E-state index in [4.69, 9.17) is 4.74 Å². The van der Waals surface area contributed by atoms with Crippen molar-refractivity contribution in [3.63, 3.8) is 0 Å². The van der Waals surface area contributed by atoms with Crippen LogP contribution in [-0.4, -0.2) is 32.1 Å². The molecule has 0 aromatic heterocycles. The van der Waals surface area contributed by atoms with E-state index >= 15 is 0 Å². The Morgan fingerprint density at radius 3 is 2.43 bits per heavy atom. The van der Waals surface area contributed by atoms with E-state index in [0.29, 0.717) is 43.1 Å². The van der Waals surface area contributed by atoms with Crippen molar-refractivity contribution >= 4 is 27.4 Å². The number of hydrogen-bond donors (Lipinski definition) is 0. The quantitative estimate of drug-likeness (QED) is 0.758. The van der Waals surface area contributed by atoms with E-state index < -0.39 is 0 Å². The molecule has 3 rings (SSSR count). The molecule has 0 unspecified atom stereocenters. The van der Waals surface area contributed by atoms with Gasteiger partial charge in [-0.2, -0.15) is 0 Å². The predicted octanol–water partition coefficient (Wildman–Crippen LogP) is 3.96. The molecule has 0 N–H and O–H groups in total. The Labute approximate surface area is 143 Å². The molecule has 0 radical (unpaired) electrons. The van der Waals surface area contributed by atoms with Crippen LogP contribution >= 0.6 is 15.9 Å². The summed E-state index contributed by atoms with van der Waals surface area (Å²) in [5.41, 5.74) is 2.47. The molecule has 0 aliphatic carbocycles. The Bertz CT molecular complexity index is 742. The van der Waals surface area contributed by atoms with Gasteiger partial charge in [-0.3, -0.25) is 4.79 Å². The summed E-state index contributed by atoms with van der Waals surface area (Å²) in [6, 6.07) is 10.1. The van der Waals surface area contributed by atoms with Crippen LogP contribution in [0.1, 0.15) is 21.5 Å². The van der Waals surface area contributed by atoms with Crippen LogP contribution in [0.4, 0.5) is 10.1 Å². The minimum atomic E-state index is -0.371. The summed E-state index contributed by atoms with van der Waals surface area (Å²) in [7, 11) is 0. The van der Waals surface area contributed by atoms with E-state index in [1.165, 1.54) is 6.07 Å². The fourth-order valence-electron chi connectivity index (χ4n) is 2.61. The van der Waals surface area contributed by atoms with Crippen molar-refractivity contribution in [1.82, 2.24) is 0 Å². The first kappa shape index (κ1) is 16.1. The second-order valence-corrected chi connectivity index (χ2v) is 6.41. The fraction of sp³-hybridized carbons (Fsp3) is 0.278. The van der Waals surface area contributed by atoms with Gasteiger partial charge in [-0.05, 0) is 36.8 Å². The number of nitrogens with zero attached hydrogens (tertiary/aromatic N) is 1. The van der Waals surface area contributed by atoms with Crippen LogP contribution in [0.15, 0.2) is 40.9 Å². The number of anilines is 1. The van der Waals surface area contributed by atoms with Gasteiger partial charge in [0.25, 0.3) is 0 Å². The third-order valence-corrected chi connectivity index (χ3v) is 4.85. The number of ether oxygens (including phenoxy) is 1. The average molecular weight is 378 g/mol. The van der Waals surface area contributed by atoms with Gasteiger partial charge in [0.05, 0.1) is 18.9 Å². The Kier molecular flexibility index (Phi) is 4.78. The number of rotatable bonds is 3. The SMILES string of the molecule is Cc1ccc(C(=O)c2ccc(N3CCOCC3)c(F)c2)cc1Br. The van der Waals surface area contributed by atoms with E-state index in [1.54, 1.807) is 24.3 Å². The lowest BCUT2D eigenvalue weighted by molar-refractivity contribution is 0.103. The normalized spacial score (nSPS) is 14.8. The molecule has 2 aromatic rings. The highest BCUT2D eigenvalue weighted by Gasteiger charge is 2.17. The molecule has 3 nitrogen and oxygen atoms in total. The summed E-state index contributed by atoms with van der Waals surface area (Å²) in [4.78, 5) is 14.5. The van der Waals surface area contributed by atoms with E-state index in [9.17, 15) is 9.18 Å². The number of carbonyl (C=O) groups is 1. The van der Waals surface area contributed by atoms with Gasteiger partial charge in [0.15, 0.2) is 5.78 Å². The van der Waals surface area contributed by atoms with E-state index in [1.807, 2.05) is 17.9 Å². The molecule has 0 spiro atoms. The van der Waals surface area contributed by atoms with Crippen molar-refractivity contribution in [1.29, 1.82) is 0 Å². The lowest BCUT2D eigenvalue weighted by atomic mass is 10.0. The van der Waals surface area contributed by atoms with Crippen molar-refractivity contribution in [2.75, 3.05) is 31.2 Å². The topological polar surface area (TPSA) is 29.5 Å². The summed E-state index contributed by atoms with van der Waals surface area (Å²) >= 11 is 3.42. The summed E-state index contributed by atoms with van der Waals surface area (Å²) in [6.45, 7) is 4.47. The van der Waals surface area contributed by atoms with Crippen LogP contribution in [0.3, 0.4) is 0 Å². The summed E-state index contributed by atoms with van der Waals surface area (Å²) in [5, 5.41) is 0. The van der Waals surface area contributed by atoms with Crippen molar-refractivity contribution in [3.05, 3.63) is 63.4 Å². The number of benzene rings is 2. The van der Waals surface area contributed by atoms with Gasteiger partial charge < -0.3 is 9.64 Å². The highest BCUT2D eigenvalue weighted by atomic mass is 79.9. The van der Waals surface area contributed by atoms with Gasteiger partial charge in [0.2, 0.25) is 0 Å². The van der Waals surface area contributed by atoms with Gasteiger partial charge >= 0.3 is 0 Å². The maximum atomic E-state index is 14.4. The Balaban J connectivity index is 1.86. The number of aryl methyl sites for hydroxylation is 1. The van der Waals surface area contributed by atoms with Gasteiger partial charge in [-0.1, -0.05) is 28.1 Å². The van der Waals surface area contributed by atoms with Crippen LogP contribution in [0.2, 0.25) is 0 Å². The maximum absolute atomic E-state index is 14.4. The molecule has 1 fully saturated rings. The van der Waals surface area contributed by atoms with Crippen molar-refractivity contribution in [3.8, 4) is 0 Å². The Hall–Kier alpha value is -1.72. The molecule has 0 atom stereocenters. The first-order valence-corrected chi connectivity index (χ1v) is 8.28. The first-order valence-electron chi connectivity index (χ1n) is 7.49. The van der Waals surface area contributed by atoms with Gasteiger partial charge in [-0.25, -0.2) is 4.39 Å². The standard InChI is InChI=1S/C18H17BrFNO2/c1-12-2-3-13(10-15(12)19)18(22)14-4-5-17(16(20)11-14)21-6-8-23-9-7-21/h2-5,10-11H,6-9H2,1H3. The van der Waals surface area contributed by atoms with E-state index in [0.717, 1.165) is 10.0 Å². The minimum absolute atomic E-state index is 0.182. The smallest absolute Gasteiger partial charge is 0.193 e. The van der Waals surface area contributed by atoms with Crippen LogP contribution < -0.4 is 4.90 Å². The molecule has 5 heteroatoms. The van der Waals surface area contributed by atoms with Gasteiger partial charge in [0.1, 0.15) is 5.82 Å². The lowest BCUT2D eigenvalue weighted by Gasteiger charge is -2.29. The number of morpholine rings is 1. The van der Waals surface area contributed by atoms with Gasteiger partial charge in [0, 0.05) is 28.7 Å². The summed E-state index contributed by atoms with van der Waals surface area (Å²) < 4.78 is 20.6. The first-order chi connectivity index (χ1) is 11.1. The number of hydrogen-bond acceptors (Lipinski definition) is 3. The summed E-state index contributed by atoms with van der Waals surface area (Å²) in [6.07, 6.45) is 0. The molecule has 1 heterocycles. The molecule has 23 heavy (non-hydrogen) atoms. The van der Waals surface area contributed by atoms with E-state index in [-0.39, 0.29) is 11.6 Å². The monoisotopic (exact) mass is 377 g/mol. The molecule has 120 valence electrons. The highest BCUT2D eigenvalue weighted by Crippen LogP contribution is 2.24. The largest absolute Gasteiger partial charge is 0.378 e. The fourth-order valence-corrected chi connectivity index (χ4v) is 2.99. The number of halogens is 2. The highest BCUT2D eigenvalue weighted by molar-refractivity contribution is 9.10. The minimum Gasteiger partial charge on any atom is -0.378 e. The third kappa shape index (κ3) is 3.46. The van der Waals surface area contributed by atoms with E-state index in [2.05, 4.69) is 15.9 Å². The second kappa shape index (κ2) is 6.81. The third-order valence-electron chi connectivity index (χ3n) is 4.00. The second-order valence-electron chi connectivity index (χ2n) is 5.56. The van der Waals surface area contributed by atoms with Crippen LogP contribution in [0, 0.1) is 12.7 Å². The van der Waals surface area contributed by atoms with Crippen molar-refractivity contribution in [2.24, 2.45) is 0 Å². The molecule has 0 saturated carbocycles. The zero-order valence-electron chi connectivity index (χ0n) is 12.8. The van der Waals surface area contributed by atoms with Crippen molar-refractivity contribution < 1.29 is 13.9 Å². The summed E-state index contributed by atoms with van der Waals surface area (Å²) in [5.74, 6) is -0.554. The van der Waals surface area contributed by atoms with Gasteiger partial charge in [-0.15, -0.1) is 0 Å². The lowest BCUT2D eigenvalue weighted by Crippen LogP contribution is -2.36. The Morgan fingerprint density at radius 2 is 1.78 bits per heavy atom. The van der Waals surface area contributed by atoms with Crippen LogP contribution in [-0.2, 0) is 4.74 Å². The molecule has 0 bridgehead atoms. The zero-order chi connectivity index (χ0) is 16.4. The predicted molar refractivity (Wildman–Crippen MR) is 91.7 cm³/mol. The molecular weight excluding hydrogens is 361 g/mol. The maximum Gasteiger partial charge on any atom is 0.193 e. The Morgan fingerprint density at radius 1 is 1.13 bits per heavy atom. The molecule has 0 amide bonds. The number of carbonyl (C=O) groups excluding carboxylic acids is 1. The molecule has 1 aliphatic heterocycles. The molecule has 1 saturated heterocycles. The zero-order valence-corrected chi connectivity index (χ0v) is 14.4. The van der Waals surface area contributed by atoms with Crippen LogP contribution in [0.25, 0.3) is 0 Å². The molecule has 1 aliphatic rings. The molecule has 2 aromatic carbocycles. The average Bonchev–Trinajstić information content (AvgIpc) is 2.57.